The van der Waals surface area contributed by atoms with Crippen LogP contribution in [0.25, 0.3) is 0 Å². The minimum absolute atomic E-state index is 0.305. The standard InChI is InChI=1S/C15H26N2/c1-12-5-6-15(11-13(12)2)8-10-17(4)9-7-14(3)16/h5-6,11,14H,7-10,16H2,1-4H3. The molecule has 2 heteroatoms. The lowest BCUT2D eigenvalue weighted by atomic mass is 10.0. The largest absolute Gasteiger partial charge is 0.328 e. The molecule has 0 aromatic heterocycles. The molecule has 2 nitrogen and oxygen atoms in total. The molecule has 1 unspecified atom stereocenters. The summed E-state index contributed by atoms with van der Waals surface area (Å²) in [6.07, 6.45) is 2.19. The maximum absolute atomic E-state index is 5.76. The van der Waals surface area contributed by atoms with Crippen LogP contribution in [0.15, 0.2) is 18.2 Å². The zero-order chi connectivity index (χ0) is 12.8. The van der Waals surface area contributed by atoms with Crippen molar-refractivity contribution in [3.63, 3.8) is 0 Å². The van der Waals surface area contributed by atoms with Crippen molar-refractivity contribution in [2.75, 3.05) is 20.1 Å². The highest BCUT2D eigenvalue weighted by atomic mass is 15.1. The zero-order valence-corrected chi connectivity index (χ0v) is 11.7. The normalized spacial score (nSPS) is 13.1. The Labute approximate surface area is 106 Å². The van der Waals surface area contributed by atoms with Crippen LogP contribution in [0, 0.1) is 13.8 Å². The number of rotatable bonds is 6. The average molecular weight is 234 g/mol. The first-order chi connectivity index (χ1) is 7.99. The Morgan fingerprint density at radius 1 is 1.18 bits per heavy atom. The Bertz CT molecular complexity index is 345. The number of nitrogens with two attached hydrogens (primary N) is 1. The monoisotopic (exact) mass is 234 g/mol. The van der Waals surface area contributed by atoms with Gasteiger partial charge in [0.15, 0.2) is 0 Å². The van der Waals surface area contributed by atoms with Crippen LogP contribution in [-0.4, -0.2) is 31.1 Å². The van der Waals surface area contributed by atoms with E-state index in [0.717, 1.165) is 25.9 Å². The minimum Gasteiger partial charge on any atom is -0.328 e. The van der Waals surface area contributed by atoms with Gasteiger partial charge in [-0.2, -0.15) is 0 Å². The van der Waals surface area contributed by atoms with Crippen LogP contribution in [0.3, 0.4) is 0 Å². The van der Waals surface area contributed by atoms with Crippen LogP contribution in [0.2, 0.25) is 0 Å². The van der Waals surface area contributed by atoms with Gasteiger partial charge in [0.2, 0.25) is 0 Å². The highest BCUT2D eigenvalue weighted by Crippen LogP contribution is 2.10. The Hall–Kier alpha value is -0.860. The summed E-state index contributed by atoms with van der Waals surface area (Å²) in [5.74, 6) is 0. The molecule has 0 bridgehead atoms. The van der Waals surface area contributed by atoms with Crippen molar-refractivity contribution in [3.05, 3.63) is 34.9 Å². The third kappa shape index (κ3) is 5.33. The second kappa shape index (κ2) is 6.77. The molecule has 0 aliphatic heterocycles. The van der Waals surface area contributed by atoms with Gasteiger partial charge in [0, 0.05) is 12.6 Å². The summed E-state index contributed by atoms with van der Waals surface area (Å²) in [6.45, 7) is 8.60. The maximum atomic E-state index is 5.76. The first-order valence-corrected chi connectivity index (χ1v) is 6.49. The van der Waals surface area contributed by atoms with E-state index in [-0.39, 0.29) is 0 Å². The molecule has 0 amide bonds. The molecule has 2 N–H and O–H groups in total. The molecule has 1 aromatic carbocycles. The summed E-state index contributed by atoms with van der Waals surface area (Å²) in [6, 6.07) is 7.06. The molecule has 1 rings (SSSR count). The summed E-state index contributed by atoms with van der Waals surface area (Å²) >= 11 is 0. The van der Waals surface area contributed by atoms with Crippen molar-refractivity contribution in [2.24, 2.45) is 5.73 Å². The Kier molecular flexibility index (Phi) is 5.66. The number of benzene rings is 1. The summed E-state index contributed by atoms with van der Waals surface area (Å²) in [5.41, 5.74) is 9.95. The van der Waals surface area contributed by atoms with E-state index in [2.05, 4.69) is 50.9 Å². The van der Waals surface area contributed by atoms with E-state index in [4.69, 9.17) is 5.73 Å². The van der Waals surface area contributed by atoms with E-state index in [0.29, 0.717) is 6.04 Å². The van der Waals surface area contributed by atoms with Gasteiger partial charge < -0.3 is 10.6 Å². The topological polar surface area (TPSA) is 29.3 Å². The lowest BCUT2D eigenvalue weighted by Crippen LogP contribution is -2.27. The lowest BCUT2D eigenvalue weighted by molar-refractivity contribution is 0.324. The third-order valence-electron chi connectivity index (χ3n) is 3.32. The molecule has 0 fully saturated rings. The maximum Gasteiger partial charge on any atom is 0.00226 e. The van der Waals surface area contributed by atoms with Crippen molar-refractivity contribution >= 4 is 0 Å². The fourth-order valence-electron chi connectivity index (χ4n) is 1.81. The molecule has 0 heterocycles. The summed E-state index contributed by atoms with van der Waals surface area (Å²) in [7, 11) is 2.17. The van der Waals surface area contributed by atoms with Gasteiger partial charge in [0.05, 0.1) is 0 Å². The molecule has 0 aliphatic carbocycles. The van der Waals surface area contributed by atoms with Gasteiger partial charge in [0.1, 0.15) is 0 Å². The predicted molar refractivity (Wildman–Crippen MR) is 75.4 cm³/mol. The van der Waals surface area contributed by atoms with E-state index in [1.54, 1.807) is 0 Å². The zero-order valence-electron chi connectivity index (χ0n) is 11.7. The van der Waals surface area contributed by atoms with Crippen molar-refractivity contribution in [3.8, 4) is 0 Å². The van der Waals surface area contributed by atoms with E-state index in [1.807, 2.05) is 0 Å². The summed E-state index contributed by atoms with van der Waals surface area (Å²) in [5, 5.41) is 0. The summed E-state index contributed by atoms with van der Waals surface area (Å²) in [4.78, 5) is 2.36. The van der Waals surface area contributed by atoms with Gasteiger partial charge >= 0.3 is 0 Å². The highest BCUT2D eigenvalue weighted by Gasteiger charge is 2.02. The molecule has 0 saturated heterocycles. The minimum atomic E-state index is 0.305. The SMILES string of the molecule is Cc1ccc(CCN(C)CCC(C)N)cc1C. The number of likely N-dealkylation sites (N-methyl/N-ethyl adjacent to an activating group) is 1. The molecule has 0 aliphatic rings. The highest BCUT2D eigenvalue weighted by molar-refractivity contribution is 5.30. The van der Waals surface area contributed by atoms with Crippen molar-refractivity contribution < 1.29 is 0 Å². The Balaban J connectivity index is 2.36. The van der Waals surface area contributed by atoms with Gasteiger partial charge in [-0.1, -0.05) is 18.2 Å². The fourth-order valence-corrected chi connectivity index (χ4v) is 1.81. The van der Waals surface area contributed by atoms with Crippen LogP contribution < -0.4 is 5.73 Å². The smallest absolute Gasteiger partial charge is 0.00226 e. The molecular weight excluding hydrogens is 208 g/mol. The number of nitrogens with zero attached hydrogens (tertiary/aromatic N) is 1. The van der Waals surface area contributed by atoms with Crippen LogP contribution >= 0.6 is 0 Å². The van der Waals surface area contributed by atoms with Crippen LogP contribution in [-0.2, 0) is 6.42 Å². The number of hydrogen-bond donors (Lipinski definition) is 1. The van der Waals surface area contributed by atoms with Crippen LogP contribution in [0.1, 0.15) is 30.0 Å². The van der Waals surface area contributed by atoms with Gasteiger partial charge in [-0.15, -0.1) is 0 Å². The lowest BCUT2D eigenvalue weighted by Gasteiger charge is -2.18. The molecule has 0 radical (unpaired) electrons. The van der Waals surface area contributed by atoms with Crippen LogP contribution in [0.4, 0.5) is 0 Å². The van der Waals surface area contributed by atoms with E-state index >= 15 is 0 Å². The van der Waals surface area contributed by atoms with Crippen molar-refractivity contribution in [1.29, 1.82) is 0 Å². The van der Waals surface area contributed by atoms with Gasteiger partial charge in [-0.25, -0.2) is 0 Å². The van der Waals surface area contributed by atoms with E-state index < -0.39 is 0 Å². The Morgan fingerprint density at radius 2 is 1.88 bits per heavy atom. The van der Waals surface area contributed by atoms with Crippen molar-refractivity contribution in [1.82, 2.24) is 4.90 Å². The molecule has 0 saturated carbocycles. The number of aryl methyl sites for hydroxylation is 2. The molecule has 1 aromatic rings. The second-order valence-corrected chi connectivity index (χ2v) is 5.24. The quantitative estimate of drug-likeness (QED) is 0.819. The first kappa shape index (κ1) is 14.2. The molecule has 96 valence electrons. The number of hydrogen-bond acceptors (Lipinski definition) is 2. The average Bonchev–Trinajstić information content (AvgIpc) is 2.28. The predicted octanol–water partition coefficient (Wildman–Crippen LogP) is 2.52. The third-order valence-corrected chi connectivity index (χ3v) is 3.32. The molecular formula is C15H26N2. The Morgan fingerprint density at radius 3 is 2.47 bits per heavy atom. The van der Waals surface area contributed by atoms with E-state index in [1.165, 1.54) is 16.7 Å². The molecule has 1 atom stereocenters. The summed E-state index contributed by atoms with van der Waals surface area (Å²) < 4.78 is 0. The molecule has 0 spiro atoms. The van der Waals surface area contributed by atoms with Gasteiger partial charge in [-0.05, 0) is 63.9 Å². The fraction of sp³-hybridized carbons (Fsp3) is 0.600. The van der Waals surface area contributed by atoms with Crippen molar-refractivity contribution in [2.45, 2.75) is 39.7 Å². The van der Waals surface area contributed by atoms with Gasteiger partial charge in [0.25, 0.3) is 0 Å². The van der Waals surface area contributed by atoms with Gasteiger partial charge in [-0.3, -0.25) is 0 Å². The van der Waals surface area contributed by atoms with E-state index in [9.17, 15) is 0 Å². The van der Waals surface area contributed by atoms with Crippen LogP contribution in [0.5, 0.6) is 0 Å². The first-order valence-electron chi connectivity index (χ1n) is 6.49. The second-order valence-electron chi connectivity index (χ2n) is 5.24. The molecule has 17 heavy (non-hydrogen) atoms.